The lowest BCUT2D eigenvalue weighted by molar-refractivity contribution is 0.145. The topological polar surface area (TPSA) is 37.8 Å². The van der Waals surface area contributed by atoms with Gasteiger partial charge < -0.3 is 5.32 Å². The van der Waals surface area contributed by atoms with Gasteiger partial charge in [0.1, 0.15) is 5.82 Å². The summed E-state index contributed by atoms with van der Waals surface area (Å²) in [5, 5.41) is 2.53. The van der Waals surface area contributed by atoms with Gasteiger partial charge in [-0.1, -0.05) is 0 Å². The van der Waals surface area contributed by atoms with E-state index in [2.05, 4.69) is 15.3 Å². The maximum Gasteiger partial charge on any atom is 0.250 e. The third kappa shape index (κ3) is 3.34. The number of hydrogen-bond acceptors (Lipinski definition) is 3. The fourth-order valence-corrected chi connectivity index (χ4v) is 0.714. The molecule has 0 unspecified atom stereocenters. The van der Waals surface area contributed by atoms with Crippen LogP contribution in [0.2, 0.25) is 0 Å². The van der Waals surface area contributed by atoms with Crippen molar-refractivity contribution in [3.05, 3.63) is 24.3 Å². The van der Waals surface area contributed by atoms with Crippen LogP contribution in [0.15, 0.2) is 18.5 Å². The fourth-order valence-electron chi connectivity index (χ4n) is 0.714. The summed E-state index contributed by atoms with van der Waals surface area (Å²) in [6.07, 6.45) is 0.826. The molecule has 0 aliphatic carbocycles. The van der Waals surface area contributed by atoms with E-state index in [9.17, 15) is 8.78 Å². The highest BCUT2D eigenvalue weighted by atomic mass is 19.3. The van der Waals surface area contributed by atoms with Crippen molar-refractivity contribution in [3.63, 3.8) is 0 Å². The molecule has 0 amide bonds. The van der Waals surface area contributed by atoms with Crippen LogP contribution in [0.1, 0.15) is 5.82 Å². The predicted octanol–water partition coefficient (Wildman–Crippen LogP) is 0.831. The minimum Gasteiger partial charge on any atom is -0.304 e. The van der Waals surface area contributed by atoms with Crippen LogP contribution in [-0.2, 0) is 6.54 Å². The molecule has 0 aliphatic rings. The normalized spacial score (nSPS) is 10.6. The quantitative estimate of drug-likeness (QED) is 0.732. The van der Waals surface area contributed by atoms with Gasteiger partial charge in [-0.15, -0.1) is 0 Å². The van der Waals surface area contributed by atoms with Gasteiger partial charge in [0.05, 0.1) is 13.1 Å². The van der Waals surface area contributed by atoms with Crippen molar-refractivity contribution >= 4 is 0 Å². The molecule has 0 fully saturated rings. The van der Waals surface area contributed by atoms with E-state index < -0.39 is 6.43 Å². The number of halogens is 2. The van der Waals surface area contributed by atoms with Crippen molar-refractivity contribution in [3.8, 4) is 0 Å². The second kappa shape index (κ2) is 4.71. The molecule has 0 aliphatic heterocycles. The Morgan fingerprint density at radius 3 is 2.58 bits per heavy atom. The minimum atomic E-state index is -2.33. The molecular weight excluding hydrogens is 164 g/mol. The van der Waals surface area contributed by atoms with Gasteiger partial charge in [-0.05, 0) is 6.07 Å². The molecule has 5 heteroatoms. The van der Waals surface area contributed by atoms with Crippen LogP contribution in [0, 0.1) is 0 Å². The molecule has 0 aromatic carbocycles. The molecular formula is C7H9F2N3. The number of nitrogens with zero attached hydrogens (tertiary/aromatic N) is 2. The Kier molecular flexibility index (Phi) is 3.53. The van der Waals surface area contributed by atoms with Crippen molar-refractivity contribution in [1.82, 2.24) is 15.3 Å². The number of hydrogen-bond donors (Lipinski definition) is 1. The molecule has 0 spiro atoms. The second-order valence-corrected chi connectivity index (χ2v) is 2.19. The lowest BCUT2D eigenvalue weighted by Crippen LogP contribution is -2.21. The van der Waals surface area contributed by atoms with E-state index in [1.807, 2.05) is 0 Å². The summed E-state index contributed by atoms with van der Waals surface area (Å²) in [5.74, 6) is 0.526. The molecule has 0 atom stereocenters. The van der Waals surface area contributed by atoms with E-state index in [1.54, 1.807) is 18.5 Å². The lowest BCUT2D eigenvalue weighted by Gasteiger charge is -2.01. The maximum absolute atomic E-state index is 11.6. The van der Waals surface area contributed by atoms with Crippen molar-refractivity contribution in [1.29, 1.82) is 0 Å². The third-order valence-electron chi connectivity index (χ3n) is 1.20. The molecule has 12 heavy (non-hydrogen) atoms. The van der Waals surface area contributed by atoms with Crippen molar-refractivity contribution in [2.45, 2.75) is 13.0 Å². The lowest BCUT2D eigenvalue weighted by atomic mass is 10.5. The van der Waals surface area contributed by atoms with Gasteiger partial charge in [-0.2, -0.15) is 0 Å². The standard InChI is InChI=1S/C7H9F2N3/c8-6(9)4-10-5-7-11-2-1-3-12-7/h1-3,6,10H,4-5H2. The summed E-state index contributed by atoms with van der Waals surface area (Å²) in [7, 11) is 0. The third-order valence-corrected chi connectivity index (χ3v) is 1.20. The number of rotatable bonds is 4. The van der Waals surface area contributed by atoms with E-state index in [1.165, 1.54) is 0 Å². The summed E-state index contributed by atoms with van der Waals surface area (Å²) in [6.45, 7) is -0.0383. The first kappa shape index (κ1) is 8.99. The molecule has 1 heterocycles. The number of aromatic nitrogens is 2. The summed E-state index contributed by atoms with van der Waals surface area (Å²) in [6, 6.07) is 1.68. The zero-order valence-electron chi connectivity index (χ0n) is 6.37. The number of alkyl halides is 2. The van der Waals surface area contributed by atoms with Gasteiger partial charge in [-0.25, -0.2) is 18.7 Å². The SMILES string of the molecule is FC(F)CNCc1ncccn1. The van der Waals surface area contributed by atoms with E-state index in [4.69, 9.17) is 0 Å². The average Bonchev–Trinajstić information content (AvgIpc) is 2.05. The Balaban J connectivity index is 2.25. The zero-order valence-corrected chi connectivity index (χ0v) is 6.37. The Morgan fingerprint density at radius 1 is 1.33 bits per heavy atom. The van der Waals surface area contributed by atoms with Crippen LogP contribution in [0.3, 0.4) is 0 Å². The molecule has 0 bridgehead atoms. The first-order valence-electron chi connectivity index (χ1n) is 3.54. The van der Waals surface area contributed by atoms with Gasteiger partial charge in [0.25, 0.3) is 6.43 Å². The van der Waals surface area contributed by atoms with Gasteiger partial charge in [0, 0.05) is 12.4 Å². The predicted molar refractivity (Wildman–Crippen MR) is 39.7 cm³/mol. The van der Waals surface area contributed by atoms with Gasteiger partial charge in [-0.3, -0.25) is 0 Å². The molecule has 0 saturated heterocycles. The molecule has 1 rings (SSSR count). The second-order valence-electron chi connectivity index (χ2n) is 2.19. The molecule has 1 aromatic rings. The summed E-state index contributed by atoms with van der Waals surface area (Å²) >= 11 is 0. The Bertz CT molecular complexity index is 215. The summed E-state index contributed by atoms with van der Waals surface area (Å²) < 4.78 is 23.3. The van der Waals surface area contributed by atoms with Crippen LogP contribution in [0.5, 0.6) is 0 Å². The van der Waals surface area contributed by atoms with E-state index in [0.29, 0.717) is 5.82 Å². The molecule has 0 radical (unpaired) electrons. The number of nitrogens with one attached hydrogen (secondary N) is 1. The molecule has 0 saturated carbocycles. The Labute approximate surface area is 68.8 Å². The van der Waals surface area contributed by atoms with Crippen LogP contribution in [-0.4, -0.2) is 22.9 Å². The highest BCUT2D eigenvalue weighted by molar-refractivity contribution is 4.87. The van der Waals surface area contributed by atoms with E-state index >= 15 is 0 Å². The monoisotopic (exact) mass is 173 g/mol. The van der Waals surface area contributed by atoms with Crippen LogP contribution >= 0.6 is 0 Å². The molecule has 3 nitrogen and oxygen atoms in total. The van der Waals surface area contributed by atoms with Crippen molar-refractivity contribution in [2.24, 2.45) is 0 Å². The highest BCUT2D eigenvalue weighted by Gasteiger charge is 2.00. The smallest absolute Gasteiger partial charge is 0.250 e. The average molecular weight is 173 g/mol. The fraction of sp³-hybridized carbons (Fsp3) is 0.429. The first-order chi connectivity index (χ1) is 5.79. The zero-order chi connectivity index (χ0) is 8.81. The minimum absolute atomic E-state index is 0.283. The van der Waals surface area contributed by atoms with Crippen molar-refractivity contribution < 1.29 is 8.78 Å². The van der Waals surface area contributed by atoms with Gasteiger partial charge in [0.15, 0.2) is 0 Å². The van der Waals surface area contributed by atoms with Gasteiger partial charge in [0.2, 0.25) is 0 Å². The van der Waals surface area contributed by atoms with E-state index in [-0.39, 0.29) is 13.1 Å². The maximum atomic E-state index is 11.6. The van der Waals surface area contributed by atoms with Crippen LogP contribution in [0.4, 0.5) is 8.78 Å². The van der Waals surface area contributed by atoms with Crippen LogP contribution in [0.25, 0.3) is 0 Å². The van der Waals surface area contributed by atoms with Crippen LogP contribution < -0.4 is 5.32 Å². The molecule has 1 N–H and O–H groups in total. The Morgan fingerprint density at radius 2 is 2.00 bits per heavy atom. The summed E-state index contributed by atoms with van der Waals surface area (Å²) in [5.41, 5.74) is 0. The Hall–Kier alpha value is -1.10. The largest absolute Gasteiger partial charge is 0.304 e. The molecule has 66 valence electrons. The van der Waals surface area contributed by atoms with E-state index in [0.717, 1.165) is 0 Å². The molecule has 1 aromatic heterocycles. The van der Waals surface area contributed by atoms with Crippen molar-refractivity contribution in [2.75, 3.05) is 6.54 Å². The summed E-state index contributed by atoms with van der Waals surface area (Å²) in [4.78, 5) is 7.71. The highest BCUT2D eigenvalue weighted by Crippen LogP contribution is 1.90. The van der Waals surface area contributed by atoms with Gasteiger partial charge >= 0.3 is 0 Å². The first-order valence-corrected chi connectivity index (χ1v) is 3.54.